The maximum atomic E-state index is 6.16. The van der Waals surface area contributed by atoms with E-state index < -0.39 is 0 Å². The van der Waals surface area contributed by atoms with Gasteiger partial charge in [0.05, 0.1) is 0 Å². The second-order valence-electron chi connectivity index (χ2n) is 7.14. The number of benzene rings is 3. The molecule has 1 N–H and O–H groups in total. The highest BCUT2D eigenvalue weighted by Crippen LogP contribution is 2.29. The first kappa shape index (κ1) is 16.5. The molecule has 0 saturated carbocycles. The Kier molecular flexibility index (Phi) is 4.86. The summed E-state index contributed by atoms with van der Waals surface area (Å²) < 4.78 is 6.16. The lowest BCUT2D eigenvalue weighted by Gasteiger charge is -2.22. The minimum absolute atomic E-state index is 0.0631. The quantitative estimate of drug-likeness (QED) is 0.688. The van der Waals surface area contributed by atoms with E-state index in [1.165, 1.54) is 21.9 Å². The molecule has 0 spiro atoms. The SMILES string of the molecule is CC(C)(C)NCc1c(OCc2ccccc2)ccc2ccccc12. The van der Waals surface area contributed by atoms with Crippen molar-refractivity contribution in [2.45, 2.75) is 39.5 Å². The third-order valence-corrected chi connectivity index (χ3v) is 4.03. The zero-order chi connectivity index (χ0) is 17.0. The van der Waals surface area contributed by atoms with Crippen molar-refractivity contribution in [3.63, 3.8) is 0 Å². The third kappa shape index (κ3) is 4.15. The first-order valence-electron chi connectivity index (χ1n) is 8.45. The minimum atomic E-state index is 0.0631. The maximum absolute atomic E-state index is 6.16. The van der Waals surface area contributed by atoms with Crippen molar-refractivity contribution in [2.75, 3.05) is 0 Å². The topological polar surface area (TPSA) is 21.3 Å². The molecule has 2 nitrogen and oxygen atoms in total. The molecule has 124 valence electrons. The van der Waals surface area contributed by atoms with Crippen LogP contribution in [0.2, 0.25) is 0 Å². The van der Waals surface area contributed by atoms with Gasteiger partial charge in [0.2, 0.25) is 0 Å². The summed E-state index contributed by atoms with van der Waals surface area (Å²) in [5.74, 6) is 0.953. The molecular weight excluding hydrogens is 294 g/mol. The molecule has 0 aliphatic carbocycles. The Morgan fingerprint density at radius 3 is 2.29 bits per heavy atom. The van der Waals surface area contributed by atoms with E-state index in [1.54, 1.807) is 0 Å². The lowest BCUT2D eigenvalue weighted by Crippen LogP contribution is -2.35. The van der Waals surface area contributed by atoms with Crippen molar-refractivity contribution in [3.8, 4) is 5.75 Å². The molecule has 3 rings (SSSR count). The zero-order valence-corrected chi connectivity index (χ0v) is 14.7. The number of ether oxygens (including phenoxy) is 1. The second-order valence-corrected chi connectivity index (χ2v) is 7.14. The van der Waals surface area contributed by atoms with E-state index >= 15 is 0 Å². The van der Waals surface area contributed by atoms with Crippen molar-refractivity contribution < 1.29 is 4.74 Å². The molecule has 2 heteroatoms. The Morgan fingerprint density at radius 2 is 1.54 bits per heavy atom. The Hall–Kier alpha value is -2.32. The molecule has 0 amide bonds. The van der Waals surface area contributed by atoms with Crippen LogP contribution in [0.4, 0.5) is 0 Å². The van der Waals surface area contributed by atoms with E-state index in [2.05, 4.69) is 74.6 Å². The summed E-state index contributed by atoms with van der Waals surface area (Å²) in [5, 5.41) is 6.08. The molecule has 24 heavy (non-hydrogen) atoms. The summed E-state index contributed by atoms with van der Waals surface area (Å²) in [6, 6.07) is 23.0. The molecule has 0 aliphatic heterocycles. The van der Waals surface area contributed by atoms with Gasteiger partial charge in [-0.15, -0.1) is 0 Å². The van der Waals surface area contributed by atoms with Crippen LogP contribution in [-0.2, 0) is 13.2 Å². The Labute approximate surface area is 144 Å². The van der Waals surface area contributed by atoms with Gasteiger partial charge >= 0.3 is 0 Å². The minimum Gasteiger partial charge on any atom is -0.489 e. The van der Waals surface area contributed by atoms with Crippen LogP contribution in [0.3, 0.4) is 0 Å². The summed E-state index contributed by atoms with van der Waals surface area (Å²) in [7, 11) is 0. The largest absolute Gasteiger partial charge is 0.489 e. The summed E-state index contributed by atoms with van der Waals surface area (Å²) in [5.41, 5.74) is 2.47. The third-order valence-electron chi connectivity index (χ3n) is 4.03. The van der Waals surface area contributed by atoms with E-state index in [4.69, 9.17) is 4.74 Å². The average Bonchev–Trinajstić information content (AvgIpc) is 2.58. The lowest BCUT2D eigenvalue weighted by molar-refractivity contribution is 0.301. The van der Waals surface area contributed by atoms with Crippen molar-refractivity contribution in [1.82, 2.24) is 5.32 Å². The van der Waals surface area contributed by atoms with E-state index in [1.807, 2.05) is 18.2 Å². The van der Waals surface area contributed by atoms with E-state index in [0.717, 1.165) is 12.3 Å². The van der Waals surface area contributed by atoms with E-state index in [9.17, 15) is 0 Å². The van der Waals surface area contributed by atoms with E-state index in [0.29, 0.717) is 6.61 Å². The number of rotatable bonds is 5. The lowest BCUT2D eigenvalue weighted by atomic mass is 10.0. The predicted octanol–water partition coefficient (Wildman–Crippen LogP) is 5.31. The fourth-order valence-corrected chi connectivity index (χ4v) is 2.72. The highest BCUT2D eigenvalue weighted by atomic mass is 16.5. The van der Waals surface area contributed by atoms with Gasteiger partial charge in [0, 0.05) is 17.6 Å². The summed E-state index contributed by atoms with van der Waals surface area (Å²) in [4.78, 5) is 0. The van der Waals surface area contributed by atoms with Crippen LogP contribution in [0.5, 0.6) is 5.75 Å². The Balaban J connectivity index is 1.90. The Morgan fingerprint density at radius 1 is 0.833 bits per heavy atom. The fourth-order valence-electron chi connectivity index (χ4n) is 2.72. The molecule has 0 bridgehead atoms. The normalized spacial score (nSPS) is 11.6. The highest BCUT2D eigenvalue weighted by Gasteiger charge is 2.13. The van der Waals surface area contributed by atoms with Gasteiger partial charge in [-0.2, -0.15) is 0 Å². The smallest absolute Gasteiger partial charge is 0.124 e. The number of hydrogen-bond acceptors (Lipinski definition) is 2. The van der Waals surface area contributed by atoms with Gasteiger partial charge in [0.25, 0.3) is 0 Å². The van der Waals surface area contributed by atoms with Crippen molar-refractivity contribution in [3.05, 3.63) is 77.9 Å². The molecule has 0 heterocycles. The first-order chi connectivity index (χ1) is 11.5. The van der Waals surface area contributed by atoms with Crippen LogP contribution in [0.1, 0.15) is 31.9 Å². The summed E-state index contributed by atoms with van der Waals surface area (Å²) >= 11 is 0. The zero-order valence-electron chi connectivity index (χ0n) is 14.7. The number of hydrogen-bond donors (Lipinski definition) is 1. The van der Waals surface area contributed by atoms with Crippen molar-refractivity contribution >= 4 is 10.8 Å². The summed E-state index contributed by atoms with van der Waals surface area (Å²) in [6.07, 6.45) is 0. The first-order valence-corrected chi connectivity index (χ1v) is 8.45. The second kappa shape index (κ2) is 7.06. The molecule has 0 aliphatic rings. The number of fused-ring (bicyclic) bond motifs is 1. The Bertz CT molecular complexity index is 803. The van der Waals surface area contributed by atoms with Crippen LogP contribution >= 0.6 is 0 Å². The van der Waals surface area contributed by atoms with E-state index in [-0.39, 0.29) is 5.54 Å². The van der Waals surface area contributed by atoms with Crippen LogP contribution in [0.15, 0.2) is 66.7 Å². The van der Waals surface area contributed by atoms with Crippen LogP contribution in [0.25, 0.3) is 10.8 Å². The molecule has 3 aromatic carbocycles. The van der Waals surface area contributed by atoms with Gasteiger partial charge < -0.3 is 10.1 Å². The van der Waals surface area contributed by atoms with Gasteiger partial charge in [-0.05, 0) is 43.2 Å². The molecule has 0 aromatic heterocycles. The molecular formula is C22H25NO. The molecule has 0 fully saturated rings. The van der Waals surface area contributed by atoms with Gasteiger partial charge in [-0.3, -0.25) is 0 Å². The van der Waals surface area contributed by atoms with Gasteiger partial charge in [-0.1, -0.05) is 60.7 Å². The maximum Gasteiger partial charge on any atom is 0.124 e. The predicted molar refractivity (Wildman–Crippen MR) is 101 cm³/mol. The molecule has 0 atom stereocenters. The molecule has 0 radical (unpaired) electrons. The highest BCUT2D eigenvalue weighted by molar-refractivity contribution is 5.87. The average molecular weight is 319 g/mol. The van der Waals surface area contributed by atoms with Crippen molar-refractivity contribution in [1.29, 1.82) is 0 Å². The van der Waals surface area contributed by atoms with Crippen LogP contribution < -0.4 is 10.1 Å². The monoisotopic (exact) mass is 319 g/mol. The molecule has 3 aromatic rings. The fraction of sp³-hybridized carbons (Fsp3) is 0.273. The number of nitrogens with one attached hydrogen (secondary N) is 1. The molecule has 0 saturated heterocycles. The van der Waals surface area contributed by atoms with Gasteiger partial charge in [-0.25, -0.2) is 0 Å². The van der Waals surface area contributed by atoms with Gasteiger partial charge in [0.15, 0.2) is 0 Å². The van der Waals surface area contributed by atoms with Gasteiger partial charge in [0.1, 0.15) is 12.4 Å². The standard InChI is InChI=1S/C22H25NO/c1-22(2,3)23-15-20-19-12-8-7-11-18(19)13-14-21(20)24-16-17-9-5-4-6-10-17/h4-14,23H,15-16H2,1-3H3. The summed E-state index contributed by atoms with van der Waals surface area (Å²) in [6.45, 7) is 7.92. The van der Waals surface area contributed by atoms with Crippen molar-refractivity contribution in [2.24, 2.45) is 0 Å². The molecule has 0 unspecified atom stereocenters. The van der Waals surface area contributed by atoms with Crippen LogP contribution in [0, 0.1) is 0 Å². The van der Waals surface area contributed by atoms with Crippen LogP contribution in [-0.4, -0.2) is 5.54 Å².